The summed E-state index contributed by atoms with van der Waals surface area (Å²) in [6.07, 6.45) is 1.32. The van der Waals surface area contributed by atoms with Crippen LogP contribution in [0.25, 0.3) is 0 Å². The predicted octanol–water partition coefficient (Wildman–Crippen LogP) is 3.75. The van der Waals surface area contributed by atoms with Gasteiger partial charge in [-0.3, -0.25) is 0 Å². The maximum atomic E-state index is 11.0. The lowest BCUT2D eigenvalue weighted by Gasteiger charge is -2.25. The number of hydrogen-bond acceptors (Lipinski definition) is 2. The summed E-state index contributed by atoms with van der Waals surface area (Å²) in [7, 11) is 1.69. The molecule has 0 radical (unpaired) electrons. The van der Waals surface area contributed by atoms with Gasteiger partial charge in [-0.05, 0) is 11.1 Å². The standard InChI is InChI=1S/C17H18O2/c1-19-17(15-10-6-3-7-11-15)16(12-13-18)14-8-4-2-5-9-14/h2-11,13,16-17H,12H2,1H3/t16-,17?/m0/s1. The molecule has 0 N–H and O–H groups in total. The van der Waals surface area contributed by atoms with Crippen molar-refractivity contribution in [2.45, 2.75) is 18.4 Å². The van der Waals surface area contributed by atoms with Gasteiger partial charge in [0.1, 0.15) is 6.29 Å². The molecule has 2 rings (SSSR count). The minimum atomic E-state index is -0.103. The molecule has 0 aliphatic rings. The van der Waals surface area contributed by atoms with Gasteiger partial charge in [0.25, 0.3) is 0 Å². The first-order chi connectivity index (χ1) is 9.36. The Kier molecular flexibility index (Phi) is 4.87. The average Bonchev–Trinajstić information content (AvgIpc) is 2.49. The van der Waals surface area contributed by atoms with Crippen molar-refractivity contribution in [3.05, 3.63) is 71.8 Å². The topological polar surface area (TPSA) is 26.3 Å². The molecule has 0 aliphatic heterocycles. The number of benzene rings is 2. The van der Waals surface area contributed by atoms with E-state index in [9.17, 15) is 4.79 Å². The molecular weight excluding hydrogens is 236 g/mol. The summed E-state index contributed by atoms with van der Waals surface area (Å²) in [5.41, 5.74) is 2.23. The molecule has 19 heavy (non-hydrogen) atoms. The van der Waals surface area contributed by atoms with Crippen molar-refractivity contribution < 1.29 is 9.53 Å². The normalized spacial score (nSPS) is 13.7. The first-order valence-corrected chi connectivity index (χ1v) is 6.43. The molecule has 0 aliphatic carbocycles. The Balaban J connectivity index is 2.34. The molecule has 1 unspecified atom stereocenters. The van der Waals surface area contributed by atoms with E-state index in [1.165, 1.54) is 0 Å². The lowest BCUT2D eigenvalue weighted by Crippen LogP contribution is -2.14. The van der Waals surface area contributed by atoms with Crippen molar-refractivity contribution in [3.63, 3.8) is 0 Å². The van der Waals surface area contributed by atoms with Crippen molar-refractivity contribution >= 4 is 6.29 Å². The molecule has 0 saturated carbocycles. The second-order valence-corrected chi connectivity index (χ2v) is 4.49. The number of carbonyl (C=O) groups is 1. The molecule has 0 spiro atoms. The highest BCUT2D eigenvalue weighted by molar-refractivity contribution is 5.52. The van der Waals surface area contributed by atoms with Crippen molar-refractivity contribution in [2.75, 3.05) is 7.11 Å². The lowest BCUT2D eigenvalue weighted by atomic mass is 9.87. The van der Waals surface area contributed by atoms with Crippen molar-refractivity contribution in [1.29, 1.82) is 0 Å². The van der Waals surface area contributed by atoms with Crippen LogP contribution in [0.4, 0.5) is 0 Å². The molecule has 0 saturated heterocycles. The number of methoxy groups -OCH3 is 1. The molecule has 2 nitrogen and oxygen atoms in total. The first-order valence-electron chi connectivity index (χ1n) is 6.43. The van der Waals surface area contributed by atoms with Crippen LogP contribution >= 0.6 is 0 Å². The summed E-state index contributed by atoms with van der Waals surface area (Å²) in [5.74, 6) is 0.0473. The van der Waals surface area contributed by atoms with Crippen molar-refractivity contribution in [3.8, 4) is 0 Å². The Bertz CT molecular complexity index is 493. The molecule has 2 atom stereocenters. The highest BCUT2D eigenvalue weighted by Crippen LogP contribution is 2.35. The number of ether oxygens (including phenoxy) is 1. The average molecular weight is 254 g/mol. The lowest BCUT2D eigenvalue weighted by molar-refractivity contribution is -0.108. The number of carbonyl (C=O) groups excluding carboxylic acids is 1. The quantitative estimate of drug-likeness (QED) is 0.734. The van der Waals surface area contributed by atoms with Crippen LogP contribution in [0.1, 0.15) is 29.6 Å². The van der Waals surface area contributed by atoms with E-state index in [4.69, 9.17) is 4.74 Å². The van der Waals surface area contributed by atoms with E-state index in [1.807, 2.05) is 60.7 Å². The second-order valence-electron chi connectivity index (χ2n) is 4.49. The summed E-state index contributed by atoms with van der Waals surface area (Å²) >= 11 is 0. The van der Waals surface area contributed by atoms with E-state index in [1.54, 1.807) is 7.11 Å². The van der Waals surface area contributed by atoms with Gasteiger partial charge in [-0.15, -0.1) is 0 Å². The molecule has 2 aromatic carbocycles. The zero-order valence-corrected chi connectivity index (χ0v) is 11.0. The van der Waals surface area contributed by atoms with Crippen molar-refractivity contribution in [2.24, 2.45) is 0 Å². The van der Waals surface area contributed by atoms with Crippen LogP contribution in [-0.4, -0.2) is 13.4 Å². The fraction of sp³-hybridized carbons (Fsp3) is 0.235. The van der Waals surface area contributed by atoms with Crippen LogP contribution in [0.2, 0.25) is 0 Å². The van der Waals surface area contributed by atoms with E-state index in [-0.39, 0.29) is 12.0 Å². The van der Waals surface area contributed by atoms with Gasteiger partial charge in [0.05, 0.1) is 6.10 Å². The van der Waals surface area contributed by atoms with Crippen LogP contribution in [0.5, 0.6) is 0 Å². The number of aldehydes is 1. The smallest absolute Gasteiger partial charge is 0.120 e. The van der Waals surface area contributed by atoms with Gasteiger partial charge in [-0.1, -0.05) is 60.7 Å². The maximum absolute atomic E-state index is 11.0. The monoisotopic (exact) mass is 254 g/mol. The van der Waals surface area contributed by atoms with E-state index >= 15 is 0 Å². The summed E-state index contributed by atoms with van der Waals surface area (Å²) in [6.45, 7) is 0. The van der Waals surface area contributed by atoms with E-state index < -0.39 is 0 Å². The fourth-order valence-corrected chi connectivity index (χ4v) is 2.41. The van der Waals surface area contributed by atoms with Gasteiger partial charge in [0.2, 0.25) is 0 Å². The SMILES string of the molecule is COC(c1ccccc1)[C@@H](CC=O)c1ccccc1. The van der Waals surface area contributed by atoms with Crippen LogP contribution in [0.3, 0.4) is 0 Å². The molecule has 0 heterocycles. The number of hydrogen-bond donors (Lipinski definition) is 0. The molecule has 98 valence electrons. The van der Waals surface area contributed by atoms with E-state index in [0.717, 1.165) is 17.4 Å². The summed E-state index contributed by atoms with van der Waals surface area (Å²) in [6, 6.07) is 20.1. The number of rotatable bonds is 6. The van der Waals surface area contributed by atoms with Crippen LogP contribution in [0.15, 0.2) is 60.7 Å². The van der Waals surface area contributed by atoms with E-state index in [0.29, 0.717) is 6.42 Å². The van der Waals surface area contributed by atoms with Gasteiger partial charge < -0.3 is 9.53 Å². The highest BCUT2D eigenvalue weighted by atomic mass is 16.5. The third kappa shape index (κ3) is 3.30. The minimum Gasteiger partial charge on any atom is -0.376 e. The van der Waals surface area contributed by atoms with Gasteiger partial charge in [0, 0.05) is 19.4 Å². The largest absolute Gasteiger partial charge is 0.376 e. The first kappa shape index (κ1) is 13.5. The molecular formula is C17H18O2. The maximum Gasteiger partial charge on any atom is 0.120 e. The Morgan fingerprint density at radius 1 is 0.947 bits per heavy atom. The zero-order valence-electron chi connectivity index (χ0n) is 11.0. The Morgan fingerprint density at radius 2 is 1.47 bits per heavy atom. The van der Waals surface area contributed by atoms with Gasteiger partial charge >= 0.3 is 0 Å². The second kappa shape index (κ2) is 6.86. The molecule has 0 fully saturated rings. The molecule has 0 bridgehead atoms. The summed E-state index contributed by atoms with van der Waals surface area (Å²) in [5, 5.41) is 0. The molecule has 2 heteroatoms. The van der Waals surface area contributed by atoms with Gasteiger partial charge in [0.15, 0.2) is 0 Å². The minimum absolute atomic E-state index is 0.0473. The highest BCUT2D eigenvalue weighted by Gasteiger charge is 2.24. The Hall–Kier alpha value is -1.93. The van der Waals surface area contributed by atoms with Crippen molar-refractivity contribution in [1.82, 2.24) is 0 Å². The van der Waals surface area contributed by atoms with Crippen LogP contribution < -0.4 is 0 Å². The van der Waals surface area contributed by atoms with Crippen LogP contribution in [0, 0.1) is 0 Å². The molecule has 0 aromatic heterocycles. The predicted molar refractivity (Wildman–Crippen MR) is 76.1 cm³/mol. The van der Waals surface area contributed by atoms with E-state index in [2.05, 4.69) is 0 Å². The Morgan fingerprint density at radius 3 is 1.95 bits per heavy atom. The fourth-order valence-electron chi connectivity index (χ4n) is 2.41. The van der Waals surface area contributed by atoms with Gasteiger partial charge in [-0.2, -0.15) is 0 Å². The molecule has 2 aromatic rings. The third-order valence-electron chi connectivity index (χ3n) is 3.33. The summed E-state index contributed by atoms with van der Waals surface area (Å²) < 4.78 is 5.65. The Labute approximate surface area is 114 Å². The molecule has 0 amide bonds. The third-order valence-corrected chi connectivity index (χ3v) is 3.33. The zero-order chi connectivity index (χ0) is 13.5. The van der Waals surface area contributed by atoms with Gasteiger partial charge in [-0.25, -0.2) is 0 Å². The summed E-state index contributed by atoms with van der Waals surface area (Å²) in [4.78, 5) is 11.0. The van der Waals surface area contributed by atoms with Crippen LogP contribution in [-0.2, 0) is 9.53 Å².